The summed E-state index contributed by atoms with van der Waals surface area (Å²) >= 11 is 0. The molecular formula is C8H7N2O. The minimum absolute atomic E-state index is 0.693. The third-order valence-corrected chi connectivity index (χ3v) is 1.13. The standard InChI is InChI=1S/C8H7N2O/c9-8(11)2-1-7-3-5-10-6-4-7/h1-6,9H. The molecule has 3 nitrogen and oxygen atoms in total. The summed E-state index contributed by atoms with van der Waals surface area (Å²) in [6, 6.07) is 3.53. The maximum absolute atomic E-state index is 10.2. The Morgan fingerprint density at radius 1 is 1.45 bits per heavy atom. The predicted molar refractivity (Wildman–Crippen MR) is 41.4 cm³/mol. The van der Waals surface area contributed by atoms with Crippen molar-refractivity contribution in [2.75, 3.05) is 0 Å². The highest BCUT2D eigenvalue weighted by Crippen LogP contribution is 1.97. The lowest BCUT2D eigenvalue weighted by Crippen LogP contribution is -1.89. The SMILES string of the molecule is [NH]C(=O)C=Cc1ccncc1. The van der Waals surface area contributed by atoms with Crippen molar-refractivity contribution in [1.82, 2.24) is 10.7 Å². The fourth-order valence-electron chi connectivity index (χ4n) is 0.646. The van der Waals surface area contributed by atoms with E-state index in [1.807, 2.05) is 0 Å². The highest BCUT2D eigenvalue weighted by Gasteiger charge is 1.85. The zero-order chi connectivity index (χ0) is 8.10. The minimum Gasteiger partial charge on any atom is -0.268 e. The molecule has 0 aliphatic rings. The Morgan fingerprint density at radius 3 is 2.64 bits per heavy atom. The van der Waals surface area contributed by atoms with Crippen LogP contribution in [0.4, 0.5) is 0 Å². The van der Waals surface area contributed by atoms with Crippen LogP contribution in [0.1, 0.15) is 5.56 Å². The molecule has 0 aromatic carbocycles. The van der Waals surface area contributed by atoms with Gasteiger partial charge in [0.25, 0.3) is 5.91 Å². The van der Waals surface area contributed by atoms with Gasteiger partial charge in [-0.3, -0.25) is 15.5 Å². The molecule has 0 aliphatic carbocycles. The van der Waals surface area contributed by atoms with Gasteiger partial charge in [-0.2, -0.15) is 0 Å². The Kier molecular flexibility index (Phi) is 2.38. The zero-order valence-electron chi connectivity index (χ0n) is 5.82. The molecule has 0 saturated carbocycles. The molecule has 1 rings (SSSR count). The van der Waals surface area contributed by atoms with Gasteiger partial charge in [0.2, 0.25) is 0 Å². The number of amides is 1. The van der Waals surface area contributed by atoms with Crippen molar-refractivity contribution in [3.05, 3.63) is 36.2 Å². The first-order valence-corrected chi connectivity index (χ1v) is 3.13. The maximum atomic E-state index is 10.2. The fourth-order valence-corrected chi connectivity index (χ4v) is 0.646. The Balaban J connectivity index is 2.72. The number of nitrogens with zero attached hydrogens (tertiary/aromatic N) is 1. The number of hydrogen-bond acceptors (Lipinski definition) is 2. The lowest BCUT2D eigenvalue weighted by molar-refractivity contribution is -0.114. The summed E-state index contributed by atoms with van der Waals surface area (Å²) in [5, 5.41) is 0. The second-order valence-electron chi connectivity index (χ2n) is 1.98. The number of carbonyl (C=O) groups excluding carboxylic acids is 1. The molecule has 3 heteroatoms. The molecular weight excluding hydrogens is 140 g/mol. The van der Waals surface area contributed by atoms with Crippen LogP contribution >= 0.6 is 0 Å². The van der Waals surface area contributed by atoms with E-state index >= 15 is 0 Å². The number of hydrogen-bond donors (Lipinski definition) is 0. The van der Waals surface area contributed by atoms with Gasteiger partial charge in [0.1, 0.15) is 0 Å². The Hall–Kier alpha value is -1.64. The van der Waals surface area contributed by atoms with E-state index < -0.39 is 5.91 Å². The molecule has 0 saturated heterocycles. The van der Waals surface area contributed by atoms with Gasteiger partial charge in [-0.25, -0.2) is 0 Å². The van der Waals surface area contributed by atoms with Crippen LogP contribution in [0.15, 0.2) is 30.6 Å². The van der Waals surface area contributed by atoms with E-state index in [2.05, 4.69) is 4.98 Å². The summed E-state index contributed by atoms with van der Waals surface area (Å²) < 4.78 is 0. The van der Waals surface area contributed by atoms with Crippen molar-refractivity contribution in [2.45, 2.75) is 0 Å². The molecule has 1 heterocycles. The molecule has 1 aromatic rings. The average Bonchev–Trinajstić information content (AvgIpc) is 2.03. The van der Waals surface area contributed by atoms with E-state index in [0.717, 1.165) is 5.56 Å². The number of aromatic nitrogens is 1. The van der Waals surface area contributed by atoms with Crippen molar-refractivity contribution in [3.8, 4) is 0 Å². The van der Waals surface area contributed by atoms with E-state index in [1.54, 1.807) is 30.6 Å². The summed E-state index contributed by atoms with van der Waals surface area (Å²) in [4.78, 5) is 14.0. The van der Waals surface area contributed by atoms with E-state index in [-0.39, 0.29) is 0 Å². The van der Waals surface area contributed by atoms with Crippen molar-refractivity contribution < 1.29 is 4.79 Å². The summed E-state index contributed by atoms with van der Waals surface area (Å²) in [5.74, 6) is -0.693. The first-order chi connectivity index (χ1) is 5.29. The third-order valence-electron chi connectivity index (χ3n) is 1.13. The molecule has 1 aromatic heterocycles. The van der Waals surface area contributed by atoms with Crippen LogP contribution in [-0.4, -0.2) is 10.9 Å². The van der Waals surface area contributed by atoms with Crippen molar-refractivity contribution in [1.29, 1.82) is 0 Å². The van der Waals surface area contributed by atoms with E-state index in [9.17, 15) is 4.79 Å². The van der Waals surface area contributed by atoms with Crippen LogP contribution in [0.25, 0.3) is 6.08 Å². The van der Waals surface area contributed by atoms with Crippen molar-refractivity contribution >= 4 is 12.0 Å². The van der Waals surface area contributed by atoms with Crippen LogP contribution < -0.4 is 5.73 Å². The molecule has 1 radical (unpaired) electrons. The van der Waals surface area contributed by atoms with E-state index in [0.29, 0.717) is 0 Å². The van der Waals surface area contributed by atoms with Gasteiger partial charge in [0.15, 0.2) is 0 Å². The molecule has 1 amide bonds. The van der Waals surface area contributed by atoms with Crippen molar-refractivity contribution in [3.63, 3.8) is 0 Å². The number of rotatable bonds is 2. The molecule has 0 spiro atoms. The van der Waals surface area contributed by atoms with Gasteiger partial charge in [-0.1, -0.05) is 0 Å². The maximum Gasteiger partial charge on any atom is 0.262 e. The predicted octanol–water partition coefficient (Wildman–Crippen LogP) is 0.904. The van der Waals surface area contributed by atoms with Crippen LogP contribution in [-0.2, 0) is 4.79 Å². The molecule has 0 aliphatic heterocycles. The van der Waals surface area contributed by atoms with Crippen LogP contribution in [0.5, 0.6) is 0 Å². The van der Waals surface area contributed by atoms with E-state index in [4.69, 9.17) is 5.73 Å². The van der Waals surface area contributed by atoms with Gasteiger partial charge in [0.05, 0.1) is 0 Å². The lowest BCUT2D eigenvalue weighted by Gasteiger charge is -1.87. The first kappa shape index (κ1) is 7.47. The fraction of sp³-hybridized carbons (Fsp3) is 0. The number of nitrogens with one attached hydrogen (secondary N) is 1. The zero-order valence-corrected chi connectivity index (χ0v) is 5.82. The van der Waals surface area contributed by atoms with Gasteiger partial charge in [0, 0.05) is 18.5 Å². The largest absolute Gasteiger partial charge is 0.268 e. The van der Waals surface area contributed by atoms with Gasteiger partial charge in [-0.05, 0) is 23.8 Å². The summed E-state index contributed by atoms with van der Waals surface area (Å²) in [6.45, 7) is 0. The van der Waals surface area contributed by atoms with Gasteiger partial charge >= 0.3 is 0 Å². The van der Waals surface area contributed by atoms with Crippen molar-refractivity contribution in [2.24, 2.45) is 0 Å². The molecule has 55 valence electrons. The highest BCUT2D eigenvalue weighted by atomic mass is 16.1. The molecule has 0 unspecified atom stereocenters. The van der Waals surface area contributed by atoms with Gasteiger partial charge in [-0.15, -0.1) is 0 Å². The normalized spacial score (nSPS) is 10.2. The van der Waals surface area contributed by atoms with Crippen LogP contribution in [0, 0.1) is 0 Å². The topological polar surface area (TPSA) is 53.8 Å². The molecule has 0 atom stereocenters. The monoisotopic (exact) mass is 147 g/mol. The molecule has 1 N–H and O–H groups in total. The second kappa shape index (κ2) is 3.51. The lowest BCUT2D eigenvalue weighted by atomic mass is 10.2. The summed E-state index contributed by atoms with van der Waals surface area (Å²) in [6.07, 6.45) is 6.05. The summed E-state index contributed by atoms with van der Waals surface area (Å²) in [5.41, 5.74) is 7.46. The molecule has 11 heavy (non-hydrogen) atoms. The third kappa shape index (κ3) is 2.62. The second-order valence-corrected chi connectivity index (χ2v) is 1.98. The Labute approximate surface area is 64.6 Å². The molecule has 0 fully saturated rings. The van der Waals surface area contributed by atoms with Gasteiger partial charge < -0.3 is 0 Å². The first-order valence-electron chi connectivity index (χ1n) is 3.13. The number of carbonyl (C=O) groups is 1. The number of pyridine rings is 1. The Morgan fingerprint density at radius 2 is 2.09 bits per heavy atom. The average molecular weight is 147 g/mol. The highest BCUT2D eigenvalue weighted by molar-refractivity contribution is 5.89. The minimum atomic E-state index is -0.693. The quantitative estimate of drug-likeness (QED) is 0.583. The van der Waals surface area contributed by atoms with Crippen LogP contribution in [0.3, 0.4) is 0 Å². The summed E-state index contributed by atoms with van der Waals surface area (Å²) in [7, 11) is 0. The van der Waals surface area contributed by atoms with Crippen LogP contribution in [0.2, 0.25) is 0 Å². The molecule has 0 bridgehead atoms. The van der Waals surface area contributed by atoms with E-state index in [1.165, 1.54) is 6.08 Å². The Bertz CT molecular complexity index is 267. The smallest absolute Gasteiger partial charge is 0.262 e.